The van der Waals surface area contributed by atoms with E-state index in [1.165, 1.54) is 31.0 Å². The predicted octanol–water partition coefficient (Wildman–Crippen LogP) is 3.12. The molecule has 0 aromatic heterocycles. The molecule has 19 heavy (non-hydrogen) atoms. The Bertz CT molecular complexity index is 480. The number of nitrogens with zero attached hydrogens (tertiary/aromatic N) is 1. The fourth-order valence-electron chi connectivity index (χ4n) is 1.83. The Labute approximate surface area is 121 Å². The lowest BCUT2D eigenvalue weighted by Gasteiger charge is -2.28. The molecule has 0 aliphatic heterocycles. The van der Waals surface area contributed by atoms with E-state index >= 15 is 0 Å². The van der Waals surface area contributed by atoms with Gasteiger partial charge in [-0.1, -0.05) is 11.6 Å². The first-order chi connectivity index (χ1) is 8.79. The normalized spacial score (nSPS) is 14.1. The Morgan fingerprint density at radius 3 is 2.53 bits per heavy atom. The summed E-state index contributed by atoms with van der Waals surface area (Å²) in [5.41, 5.74) is 1.12. The second-order valence-corrected chi connectivity index (χ2v) is 5.06. The molecular formula is C13H16Cl2FNO2. The molecule has 1 amide bonds. The molecular weight excluding hydrogens is 292 g/mol. The number of carbonyl (C=O) groups is 1. The Morgan fingerprint density at radius 2 is 2.05 bits per heavy atom. The van der Waals surface area contributed by atoms with Gasteiger partial charge >= 0.3 is 0 Å². The summed E-state index contributed by atoms with van der Waals surface area (Å²) in [5.74, 6) is -0.817. The molecule has 1 aromatic carbocycles. The van der Waals surface area contributed by atoms with Crippen molar-refractivity contribution in [1.82, 2.24) is 4.90 Å². The summed E-state index contributed by atoms with van der Waals surface area (Å²) >= 11 is 11.8. The lowest BCUT2D eigenvalue weighted by molar-refractivity contribution is -0.139. The molecule has 6 heteroatoms. The highest BCUT2D eigenvalue weighted by Crippen LogP contribution is 2.30. The maximum Gasteiger partial charge on any atom is 0.251 e. The molecule has 1 rings (SSSR count). The second kappa shape index (κ2) is 6.55. The third kappa shape index (κ3) is 3.59. The zero-order chi connectivity index (χ0) is 14.7. The van der Waals surface area contributed by atoms with Gasteiger partial charge in [-0.3, -0.25) is 4.79 Å². The molecule has 3 nitrogen and oxygen atoms in total. The molecule has 0 heterocycles. The van der Waals surface area contributed by atoms with Crippen molar-refractivity contribution in [3.05, 3.63) is 34.1 Å². The molecule has 1 unspecified atom stereocenters. The number of aliphatic hydroxyl groups is 1. The average Bonchev–Trinajstić information content (AvgIpc) is 2.35. The van der Waals surface area contributed by atoms with Gasteiger partial charge in [-0.15, -0.1) is 11.6 Å². The summed E-state index contributed by atoms with van der Waals surface area (Å²) in [5, 5.41) is 9.54. The van der Waals surface area contributed by atoms with Crippen LogP contribution in [-0.4, -0.2) is 29.1 Å². The number of carbonyl (C=O) groups excluding carboxylic acids is 1. The van der Waals surface area contributed by atoms with Gasteiger partial charge in [0.05, 0.1) is 6.04 Å². The van der Waals surface area contributed by atoms with Crippen LogP contribution in [0.25, 0.3) is 0 Å². The summed E-state index contributed by atoms with van der Waals surface area (Å²) in [6, 6.07) is 2.05. The number of rotatable bonds is 4. The molecule has 2 atom stereocenters. The van der Waals surface area contributed by atoms with Gasteiger partial charge in [-0.2, -0.15) is 0 Å². The van der Waals surface area contributed by atoms with Crippen molar-refractivity contribution >= 4 is 29.1 Å². The molecule has 1 aromatic rings. The highest BCUT2D eigenvalue weighted by molar-refractivity contribution is 6.32. The molecule has 0 bridgehead atoms. The fraction of sp³-hybridized carbons (Fsp3) is 0.462. The minimum absolute atomic E-state index is 0.121. The Morgan fingerprint density at radius 1 is 1.47 bits per heavy atom. The van der Waals surface area contributed by atoms with Crippen molar-refractivity contribution in [1.29, 1.82) is 0 Å². The third-order valence-corrected chi connectivity index (χ3v) is 3.67. The van der Waals surface area contributed by atoms with Crippen molar-refractivity contribution in [2.75, 3.05) is 7.05 Å². The third-order valence-electron chi connectivity index (χ3n) is 3.06. The van der Waals surface area contributed by atoms with Crippen LogP contribution in [0, 0.1) is 5.82 Å². The van der Waals surface area contributed by atoms with Gasteiger partial charge in [0.2, 0.25) is 0 Å². The van der Waals surface area contributed by atoms with E-state index in [1.54, 1.807) is 6.92 Å². The van der Waals surface area contributed by atoms with Crippen molar-refractivity contribution in [2.24, 2.45) is 0 Å². The lowest BCUT2D eigenvalue weighted by atomic mass is 10.0. The number of amides is 1. The number of halogens is 3. The van der Waals surface area contributed by atoms with Crippen LogP contribution in [0.5, 0.6) is 0 Å². The number of benzene rings is 1. The molecule has 106 valence electrons. The van der Waals surface area contributed by atoms with Gasteiger partial charge in [0.25, 0.3) is 5.91 Å². The predicted molar refractivity (Wildman–Crippen MR) is 73.8 cm³/mol. The van der Waals surface area contributed by atoms with E-state index in [9.17, 15) is 14.3 Å². The SMILES string of the molecule is CC(O)C(=O)N(C)[C@@H](C)c1cc(F)cc(Cl)c1CCl. The summed E-state index contributed by atoms with van der Waals surface area (Å²) < 4.78 is 13.4. The summed E-state index contributed by atoms with van der Waals surface area (Å²) in [6.45, 7) is 3.11. The van der Waals surface area contributed by atoms with E-state index < -0.39 is 23.9 Å². The van der Waals surface area contributed by atoms with Gasteiger partial charge in [-0.25, -0.2) is 4.39 Å². The van der Waals surface area contributed by atoms with Gasteiger partial charge in [0, 0.05) is 18.0 Å². The van der Waals surface area contributed by atoms with Crippen LogP contribution in [0.15, 0.2) is 12.1 Å². The van der Waals surface area contributed by atoms with Gasteiger partial charge in [-0.05, 0) is 37.1 Å². The molecule has 0 saturated heterocycles. The number of alkyl halides is 1. The average molecular weight is 308 g/mol. The second-order valence-electron chi connectivity index (χ2n) is 4.39. The Hall–Kier alpha value is -0.840. The minimum Gasteiger partial charge on any atom is -0.384 e. The minimum atomic E-state index is -1.11. The Kier molecular flexibility index (Phi) is 5.59. The zero-order valence-electron chi connectivity index (χ0n) is 11.0. The molecule has 1 N–H and O–H groups in total. The highest BCUT2D eigenvalue weighted by atomic mass is 35.5. The first kappa shape index (κ1) is 16.2. The van der Waals surface area contributed by atoms with Crippen molar-refractivity contribution < 1.29 is 14.3 Å². The first-order valence-corrected chi connectivity index (χ1v) is 6.69. The lowest BCUT2D eigenvalue weighted by Crippen LogP contribution is -2.36. The van der Waals surface area contributed by atoms with E-state index in [-0.39, 0.29) is 10.9 Å². The zero-order valence-corrected chi connectivity index (χ0v) is 12.5. The molecule has 0 fully saturated rings. The Balaban J connectivity index is 3.18. The van der Waals surface area contributed by atoms with Crippen LogP contribution in [0.2, 0.25) is 5.02 Å². The maximum atomic E-state index is 13.4. The standard InChI is InChI=1S/C13H16Cl2FNO2/c1-7(17(3)13(19)8(2)18)10-4-9(16)5-12(15)11(10)6-14/h4-5,7-8,18H,6H2,1-3H3/t7-,8?/m0/s1. The first-order valence-electron chi connectivity index (χ1n) is 5.78. The maximum absolute atomic E-state index is 13.4. The van der Waals surface area contributed by atoms with E-state index in [0.29, 0.717) is 11.1 Å². The van der Waals surface area contributed by atoms with E-state index in [4.69, 9.17) is 23.2 Å². The van der Waals surface area contributed by atoms with Crippen molar-refractivity contribution in [2.45, 2.75) is 31.9 Å². The van der Waals surface area contributed by atoms with E-state index in [0.717, 1.165) is 0 Å². The highest BCUT2D eigenvalue weighted by Gasteiger charge is 2.24. The number of hydrogen-bond donors (Lipinski definition) is 1. The van der Waals surface area contributed by atoms with Gasteiger partial charge < -0.3 is 10.0 Å². The quantitative estimate of drug-likeness (QED) is 0.868. The van der Waals surface area contributed by atoms with Crippen molar-refractivity contribution in [3.63, 3.8) is 0 Å². The number of likely N-dealkylation sites (N-methyl/N-ethyl adjacent to an activating group) is 1. The molecule has 0 spiro atoms. The summed E-state index contributed by atoms with van der Waals surface area (Å²) in [7, 11) is 1.54. The van der Waals surface area contributed by atoms with Crippen LogP contribution in [0.1, 0.15) is 31.0 Å². The smallest absolute Gasteiger partial charge is 0.251 e. The van der Waals surface area contributed by atoms with Gasteiger partial charge in [0.15, 0.2) is 0 Å². The summed E-state index contributed by atoms with van der Waals surface area (Å²) in [6.07, 6.45) is -1.11. The number of aliphatic hydroxyl groups excluding tert-OH is 1. The van der Waals surface area contributed by atoms with Crippen LogP contribution in [0.4, 0.5) is 4.39 Å². The van der Waals surface area contributed by atoms with Crippen LogP contribution >= 0.6 is 23.2 Å². The fourth-order valence-corrected chi connectivity index (χ4v) is 2.48. The van der Waals surface area contributed by atoms with E-state index in [2.05, 4.69) is 0 Å². The monoisotopic (exact) mass is 307 g/mol. The van der Waals surface area contributed by atoms with Crippen molar-refractivity contribution in [3.8, 4) is 0 Å². The van der Waals surface area contributed by atoms with Crippen LogP contribution < -0.4 is 0 Å². The van der Waals surface area contributed by atoms with Crippen LogP contribution in [-0.2, 0) is 10.7 Å². The summed E-state index contributed by atoms with van der Waals surface area (Å²) in [4.78, 5) is 13.1. The molecule has 0 saturated carbocycles. The molecule has 0 aliphatic carbocycles. The molecule has 0 aliphatic rings. The largest absolute Gasteiger partial charge is 0.384 e. The van der Waals surface area contributed by atoms with E-state index in [1.807, 2.05) is 0 Å². The number of hydrogen-bond acceptors (Lipinski definition) is 2. The topological polar surface area (TPSA) is 40.5 Å². The molecule has 0 radical (unpaired) electrons. The van der Waals surface area contributed by atoms with Gasteiger partial charge in [0.1, 0.15) is 11.9 Å². The van der Waals surface area contributed by atoms with Crippen LogP contribution in [0.3, 0.4) is 0 Å².